The predicted molar refractivity (Wildman–Crippen MR) is 51.5 cm³/mol. The van der Waals surface area contributed by atoms with Gasteiger partial charge in [0, 0.05) is 6.04 Å². The minimum absolute atomic E-state index is 0.234. The van der Waals surface area contributed by atoms with E-state index in [4.69, 9.17) is 5.73 Å². The Labute approximate surface area is 70.7 Å². The molecule has 11 heavy (non-hydrogen) atoms. The Hall–Kier alpha value is -0.300. The smallest absolute Gasteiger partial charge is 0.0224 e. The molecule has 0 spiro atoms. The van der Waals surface area contributed by atoms with Gasteiger partial charge in [-0.15, -0.1) is 0 Å². The summed E-state index contributed by atoms with van der Waals surface area (Å²) in [7, 11) is 0. The molecule has 0 aliphatic heterocycles. The quantitative estimate of drug-likeness (QED) is 0.621. The molecule has 0 fully saturated rings. The molecule has 0 saturated heterocycles. The lowest BCUT2D eigenvalue weighted by Gasteiger charge is -2.13. The van der Waals surface area contributed by atoms with E-state index in [0.29, 0.717) is 0 Å². The van der Waals surface area contributed by atoms with E-state index in [9.17, 15) is 0 Å². The van der Waals surface area contributed by atoms with Gasteiger partial charge in [-0.25, -0.2) is 0 Å². The third-order valence-corrected chi connectivity index (χ3v) is 1.70. The second-order valence-corrected chi connectivity index (χ2v) is 3.57. The summed E-state index contributed by atoms with van der Waals surface area (Å²) in [6.07, 6.45) is 4.50. The van der Waals surface area contributed by atoms with Crippen molar-refractivity contribution in [3.63, 3.8) is 0 Å². The van der Waals surface area contributed by atoms with Crippen LogP contribution in [0, 0.1) is 5.92 Å². The number of rotatable bonds is 4. The Morgan fingerprint density at radius 2 is 1.91 bits per heavy atom. The van der Waals surface area contributed by atoms with Gasteiger partial charge in [0.15, 0.2) is 0 Å². The van der Waals surface area contributed by atoms with Gasteiger partial charge < -0.3 is 5.73 Å². The van der Waals surface area contributed by atoms with Crippen LogP contribution >= 0.6 is 0 Å². The van der Waals surface area contributed by atoms with E-state index in [1.54, 1.807) is 0 Å². The van der Waals surface area contributed by atoms with Crippen LogP contribution in [0.1, 0.15) is 40.5 Å². The largest absolute Gasteiger partial charge is 0.324 e. The Balaban J connectivity index is 4.01. The molecule has 0 saturated carbocycles. The summed E-state index contributed by atoms with van der Waals surface area (Å²) in [5, 5.41) is 0. The molecule has 1 heteroatoms. The number of hydrogen-bond donors (Lipinski definition) is 1. The lowest BCUT2D eigenvalue weighted by Crippen LogP contribution is -2.19. The molecule has 0 aliphatic carbocycles. The average Bonchev–Trinajstić information content (AvgIpc) is 1.86. The van der Waals surface area contributed by atoms with Crippen LogP contribution in [0.3, 0.4) is 0 Å². The van der Waals surface area contributed by atoms with Crippen LogP contribution in [0.5, 0.6) is 0 Å². The first-order valence-electron chi connectivity index (χ1n) is 4.52. The van der Waals surface area contributed by atoms with Gasteiger partial charge in [0.25, 0.3) is 0 Å². The number of nitrogens with two attached hydrogens (primary N) is 1. The van der Waals surface area contributed by atoms with Crippen molar-refractivity contribution in [1.82, 2.24) is 0 Å². The maximum absolute atomic E-state index is 5.80. The van der Waals surface area contributed by atoms with E-state index in [1.807, 2.05) is 0 Å². The normalized spacial score (nSPS) is 15.6. The van der Waals surface area contributed by atoms with Crippen LogP contribution < -0.4 is 5.73 Å². The maximum Gasteiger partial charge on any atom is 0.0224 e. The second-order valence-electron chi connectivity index (χ2n) is 3.57. The van der Waals surface area contributed by atoms with Crippen LogP contribution in [0.25, 0.3) is 0 Å². The standard InChI is InChI=1S/C10H21N/c1-5-6-10(9(4)11)7-8(2)3/h6,8-9H,5,7,11H2,1-4H3/b10-6+. The van der Waals surface area contributed by atoms with Gasteiger partial charge >= 0.3 is 0 Å². The van der Waals surface area contributed by atoms with Crippen molar-refractivity contribution < 1.29 is 0 Å². The Kier molecular flexibility index (Phi) is 5.22. The molecule has 0 aliphatic rings. The highest BCUT2D eigenvalue weighted by Gasteiger charge is 2.04. The lowest BCUT2D eigenvalue weighted by molar-refractivity contribution is 0.608. The molecule has 2 N–H and O–H groups in total. The third kappa shape index (κ3) is 5.02. The van der Waals surface area contributed by atoms with Gasteiger partial charge in [-0.05, 0) is 25.7 Å². The maximum atomic E-state index is 5.80. The van der Waals surface area contributed by atoms with Crippen LogP contribution in [-0.2, 0) is 0 Å². The Morgan fingerprint density at radius 1 is 1.36 bits per heavy atom. The highest BCUT2D eigenvalue weighted by molar-refractivity contribution is 5.08. The molecular weight excluding hydrogens is 134 g/mol. The lowest BCUT2D eigenvalue weighted by atomic mass is 9.97. The molecule has 0 amide bonds. The first kappa shape index (κ1) is 10.7. The molecule has 66 valence electrons. The molecule has 1 nitrogen and oxygen atoms in total. The minimum atomic E-state index is 0.234. The van der Waals surface area contributed by atoms with E-state index in [0.717, 1.165) is 18.8 Å². The van der Waals surface area contributed by atoms with Crippen molar-refractivity contribution in [2.45, 2.75) is 46.6 Å². The van der Waals surface area contributed by atoms with E-state index in [1.165, 1.54) is 5.57 Å². The van der Waals surface area contributed by atoms with E-state index < -0.39 is 0 Å². The van der Waals surface area contributed by atoms with Crippen molar-refractivity contribution in [2.24, 2.45) is 11.7 Å². The summed E-state index contributed by atoms with van der Waals surface area (Å²) in [5.74, 6) is 0.721. The summed E-state index contributed by atoms with van der Waals surface area (Å²) in [4.78, 5) is 0. The summed E-state index contributed by atoms with van der Waals surface area (Å²) in [6, 6.07) is 0.234. The van der Waals surface area contributed by atoms with Crippen LogP contribution in [0.2, 0.25) is 0 Å². The molecule has 0 aromatic carbocycles. The molecule has 0 heterocycles. The van der Waals surface area contributed by atoms with Crippen molar-refractivity contribution in [1.29, 1.82) is 0 Å². The van der Waals surface area contributed by atoms with Gasteiger partial charge in [0.2, 0.25) is 0 Å². The van der Waals surface area contributed by atoms with Crippen LogP contribution in [0.15, 0.2) is 11.6 Å². The van der Waals surface area contributed by atoms with Crippen molar-refractivity contribution >= 4 is 0 Å². The summed E-state index contributed by atoms with van der Waals surface area (Å²) in [5.41, 5.74) is 7.21. The zero-order chi connectivity index (χ0) is 8.85. The SMILES string of the molecule is CC/C=C(\CC(C)C)C(C)N. The molecule has 0 radical (unpaired) electrons. The van der Waals surface area contributed by atoms with Gasteiger partial charge in [0.05, 0.1) is 0 Å². The van der Waals surface area contributed by atoms with Crippen molar-refractivity contribution in [2.75, 3.05) is 0 Å². The molecular formula is C10H21N. The third-order valence-electron chi connectivity index (χ3n) is 1.70. The molecule has 0 aromatic heterocycles. The van der Waals surface area contributed by atoms with Gasteiger partial charge in [-0.3, -0.25) is 0 Å². The van der Waals surface area contributed by atoms with E-state index in [-0.39, 0.29) is 6.04 Å². The highest BCUT2D eigenvalue weighted by Crippen LogP contribution is 2.13. The average molecular weight is 155 g/mol. The van der Waals surface area contributed by atoms with Gasteiger partial charge in [0.1, 0.15) is 0 Å². The Morgan fingerprint density at radius 3 is 2.18 bits per heavy atom. The first-order chi connectivity index (χ1) is 5.07. The second kappa shape index (κ2) is 5.36. The monoisotopic (exact) mass is 155 g/mol. The zero-order valence-corrected chi connectivity index (χ0v) is 8.22. The molecule has 1 unspecified atom stereocenters. The topological polar surface area (TPSA) is 26.0 Å². The number of allylic oxidation sites excluding steroid dienone is 1. The van der Waals surface area contributed by atoms with E-state index in [2.05, 4.69) is 33.8 Å². The minimum Gasteiger partial charge on any atom is -0.324 e. The summed E-state index contributed by atoms with van der Waals surface area (Å²) in [6.45, 7) is 8.67. The van der Waals surface area contributed by atoms with Crippen LogP contribution in [-0.4, -0.2) is 6.04 Å². The Bertz CT molecular complexity index is 123. The molecule has 0 rings (SSSR count). The summed E-state index contributed by atoms with van der Waals surface area (Å²) >= 11 is 0. The fourth-order valence-corrected chi connectivity index (χ4v) is 1.19. The highest BCUT2D eigenvalue weighted by atomic mass is 14.6. The molecule has 1 atom stereocenters. The van der Waals surface area contributed by atoms with E-state index >= 15 is 0 Å². The first-order valence-corrected chi connectivity index (χ1v) is 4.52. The fraction of sp³-hybridized carbons (Fsp3) is 0.800. The van der Waals surface area contributed by atoms with Gasteiger partial charge in [-0.2, -0.15) is 0 Å². The number of hydrogen-bond acceptors (Lipinski definition) is 1. The fourth-order valence-electron chi connectivity index (χ4n) is 1.19. The van der Waals surface area contributed by atoms with Gasteiger partial charge in [-0.1, -0.05) is 32.4 Å². The molecule has 0 bridgehead atoms. The molecule has 0 aromatic rings. The predicted octanol–water partition coefficient (Wildman–Crippen LogP) is 2.72. The van der Waals surface area contributed by atoms with Crippen molar-refractivity contribution in [3.05, 3.63) is 11.6 Å². The van der Waals surface area contributed by atoms with Crippen LogP contribution in [0.4, 0.5) is 0 Å². The summed E-state index contributed by atoms with van der Waals surface area (Å²) < 4.78 is 0. The van der Waals surface area contributed by atoms with Crippen molar-refractivity contribution in [3.8, 4) is 0 Å². The zero-order valence-electron chi connectivity index (χ0n) is 8.22.